The first-order chi connectivity index (χ1) is 5.48. The molecule has 2 atom stereocenters. The molecule has 12 heavy (non-hydrogen) atoms. The lowest BCUT2D eigenvalue weighted by molar-refractivity contribution is 0.00237. The van der Waals surface area contributed by atoms with Crippen molar-refractivity contribution in [1.82, 2.24) is 5.32 Å². The molecule has 0 saturated heterocycles. The van der Waals surface area contributed by atoms with Crippen LogP contribution in [0.1, 0.15) is 20.3 Å². The van der Waals surface area contributed by atoms with E-state index in [-0.39, 0.29) is 12.7 Å². The first-order valence-electron chi connectivity index (χ1n) is 4.20. The Bertz CT molecular complexity index is 115. The van der Waals surface area contributed by atoms with Crippen molar-refractivity contribution in [3.8, 4) is 0 Å². The van der Waals surface area contributed by atoms with Crippen LogP contribution in [0.25, 0.3) is 0 Å². The summed E-state index contributed by atoms with van der Waals surface area (Å²) >= 11 is 0. The zero-order chi connectivity index (χ0) is 9.61. The van der Waals surface area contributed by atoms with Gasteiger partial charge in [-0.1, -0.05) is 0 Å². The van der Waals surface area contributed by atoms with Gasteiger partial charge in [-0.3, -0.25) is 0 Å². The fraction of sp³-hybridized carbons (Fsp3) is 1.00. The molecule has 0 aliphatic heterocycles. The number of hydrogen-bond acceptors (Lipinski definition) is 4. The van der Waals surface area contributed by atoms with Gasteiger partial charge in [0.15, 0.2) is 0 Å². The van der Waals surface area contributed by atoms with Crippen LogP contribution in [0.15, 0.2) is 0 Å². The normalized spacial score (nSPS) is 18.8. The Labute approximate surface area is 73.2 Å². The van der Waals surface area contributed by atoms with Gasteiger partial charge >= 0.3 is 0 Å². The van der Waals surface area contributed by atoms with Gasteiger partial charge in [0.2, 0.25) is 0 Å². The highest BCUT2D eigenvalue weighted by Gasteiger charge is 2.17. The molecule has 0 aliphatic rings. The molecule has 74 valence electrons. The topological polar surface area (TPSA) is 72.7 Å². The predicted octanol–water partition coefficient (Wildman–Crippen LogP) is -0.910. The fourth-order valence-electron chi connectivity index (χ4n) is 0.725. The maximum Gasteiger partial charge on any atom is 0.0972 e. The van der Waals surface area contributed by atoms with E-state index in [0.717, 1.165) is 0 Å². The summed E-state index contributed by atoms with van der Waals surface area (Å²) in [5, 5.41) is 29.8. The third-order valence-corrected chi connectivity index (χ3v) is 1.59. The molecule has 0 spiro atoms. The highest BCUT2D eigenvalue weighted by atomic mass is 16.3. The number of aliphatic hydroxyl groups excluding tert-OH is 2. The monoisotopic (exact) mass is 177 g/mol. The van der Waals surface area contributed by atoms with E-state index in [0.29, 0.717) is 19.5 Å². The maximum absolute atomic E-state index is 9.31. The molecule has 0 aromatic rings. The summed E-state index contributed by atoms with van der Waals surface area (Å²) in [4.78, 5) is 0. The van der Waals surface area contributed by atoms with Gasteiger partial charge < -0.3 is 20.6 Å². The van der Waals surface area contributed by atoms with E-state index in [9.17, 15) is 5.11 Å². The number of aliphatic hydroxyl groups is 3. The lowest BCUT2D eigenvalue weighted by Crippen LogP contribution is -2.41. The summed E-state index contributed by atoms with van der Waals surface area (Å²) in [6, 6.07) is 0. The van der Waals surface area contributed by atoms with E-state index >= 15 is 0 Å². The van der Waals surface area contributed by atoms with Crippen molar-refractivity contribution >= 4 is 0 Å². The highest BCUT2D eigenvalue weighted by Crippen LogP contribution is 1.98. The molecule has 4 nitrogen and oxygen atoms in total. The van der Waals surface area contributed by atoms with Crippen molar-refractivity contribution in [2.45, 2.75) is 32.0 Å². The number of nitrogens with one attached hydrogen (secondary N) is 1. The molecule has 0 aromatic carbocycles. The van der Waals surface area contributed by atoms with Gasteiger partial charge in [-0.05, 0) is 26.8 Å². The Morgan fingerprint density at radius 3 is 2.50 bits per heavy atom. The average Bonchev–Trinajstić information content (AvgIpc) is 1.98. The van der Waals surface area contributed by atoms with Crippen LogP contribution in [0.2, 0.25) is 0 Å². The van der Waals surface area contributed by atoms with Gasteiger partial charge in [-0.15, -0.1) is 0 Å². The van der Waals surface area contributed by atoms with Gasteiger partial charge in [0.05, 0.1) is 18.3 Å². The minimum atomic E-state index is -1.06. The van der Waals surface area contributed by atoms with Crippen LogP contribution in [-0.4, -0.2) is 46.7 Å². The van der Waals surface area contributed by atoms with E-state index < -0.39 is 5.60 Å². The van der Waals surface area contributed by atoms with Crippen LogP contribution in [0.5, 0.6) is 0 Å². The summed E-state index contributed by atoms with van der Waals surface area (Å²) in [6.07, 6.45) is 0.332. The lowest BCUT2D eigenvalue weighted by Gasteiger charge is -2.20. The number of hydrogen-bond donors (Lipinski definition) is 4. The summed E-state index contributed by atoms with van der Waals surface area (Å²) in [6.45, 7) is 4.01. The van der Waals surface area contributed by atoms with Crippen molar-refractivity contribution in [1.29, 1.82) is 0 Å². The van der Waals surface area contributed by atoms with Gasteiger partial charge in [0, 0.05) is 6.54 Å². The molecule has 0 amide bonds. The molecule has 0 aliphatic carbocycles. The molecule has 0 saturated carbocycles. The molecule has 0 aromatic heterocycles. The van der Waals surface area contributed by atoms with Crippen molar-refractivity contribution in [3.05, 3.63) is 0 Å². The highest BCUT2D eigenvalue weighted by molar-refractivity contribution is 4.73. The Morgan fingerprint density at radius 1 is 1.50 bits per heavy atom. The smallest absolute Gasteiger partial charge is 0.0972 e. The molecule has 0 rings (SSSR count). The van der Waals surface area contributed by atoms with E-state index in [1.807, 2.05) is 0 Å². The molecule has 0 bridgehead atoms. The summed E-state index contributed by atoms with van der Waals surface area (Å²) < 4.78 is 0. The molecule has 0 fully saturated rings. The van der Waals surface area contributed by atoms with Crippen LogP contribution in [-0.2, 0) is 0 Å². The third kappa shape index (κ3) is 6.54. The average molecular weight is 177 g/mol. The maximum atomic E-state index is 9.31. The molecule has 2 unspecified atom stereocenters. The Hall–Kier alpha value is -0.160. The first-order valence-corrected chi connectivity index (χ1v) is 4.20. The summed E-state index contributed by atoms with van der Waals surface area (Å²) in [5.41, 5.74) is -1.06. The Morgan fingerprint density at radius 2 is 2.08 bits per heavy atom. The molecular weight excluding hydrogens is 158 g/mol. The van der Waals surface area contributed by atoms with Crippen LogP contribution in [0.4, 0.5) is 0 Å². The molecule has 0 radical (unpaired) electrons. The van der Waals surface area contributed by atoms with E-state index in [4.69, 9.17) is 10.2 Å². The van der Waals surface area contributed by atoms with Crippen molar-refractivity contribution in [3.63, 3.8) is 0 Å². The zero-order valence-corrected chi connectivity index (χ0v) is 7.75. The predicted molar refractivity (Wildman–Crippen MR) is 46.9 cm³/mol. The van der Waals surface area contributed by atoms with Gasteiger partial charge in [-0.25, -0.2) is 0 Å². The second-order valence-electron chi connectivity index (χ2n) is 3.47. The van der Waals surface area contributed by atoms with E-state index in [1.165, 1.54) is 0 Å². The minimum absolute atomic E-state index is 0.255. The molecule has 4 heteroatoms. The quantitative estimate of drug-likeness (QED) is 0.396. The second kappa shape index (κ2) is 5.48. The molecule has 0 heterocycles. The van der Waals surface area contributed by atoms with Gasteiger partial charge in [0.1, 0.15) is 0 Å². The fourth-order valence-corrected chi connectivity index (χ4v) is 0.725. The van der Waals surface area contributed by atoms with Crippen LogP contribution < -0.4 is 5.32 Å². The third-order valence-electron chi connectivity index (χ3n) is 1.59. The SMILES string of the molecule is CC(O)CCNCC(C)(O)CO. The number of rotatable bonds is 6. The largest absolute Gasteiger partial charge is 0.393 e. The van der Waals surface area contributed by atoms with Crippen LogP contribution in [0.3, 0.4) is 0 Å². The van der Waals surface area contributed by atoms with Gasteiger partial charge in [0.25, 0.3) is 0 Å². The standard InChI is InChI=1S/C8H19NO3/c1-7(11)3-4-9-5-8(2,12)6-10/h7,9-12H,3-6H2,1-2H3. The van der Waals surface area contributed by atoms with Crippen LogP contribution in [0, 0.1) is 0 Å². The van der Waals surface area contributed by atoms with E-state index in [1.54, 1.807) is 13.8 Å². The molecule has 4 N–H and O–H groups in total. The Balaban J connectivity index is 3.31. The second-order valence-corrected chi connectivity index (χ2v) is 3.47. The van der Waals surface area contributed by atoms with Gasteiger partial charge in [-0.2, -0.15) is 0 Å². The summed E-state index contributed by atoms with van der Waals surface area (Å²) in [5.74, 6) is 0. The van der Waals surface area contributed by atoms with E-state index in [2.05, 4.69) is 5.32 Å². The van der Waals surface area contributed by atoms with Crippen molar-refractivity contribution < 1.29 is 15.3 Å². The molecular formula is C8H19NO3. The van der Waals surface area contributed by atoms with Crippen molar-refractivity contribution in [2.75, 3.05) is 19.7 Å². The van der Waals surface area contributed by atoms with Crippen LogP contribution >= 0.6 is 0 Å². The lowest BCUT2D eigenvalue weighted by atomic mass is 10.1. The zero-order valence-electron chi connectivity index (χ0n) is 7.75. The Kier molecular flexibility index (Phi) is 5.41. The summed E-state index contributed by atoms with van der Waals surface area (Å²) in [7, 11) is 0. The van der Waals surface area contributed by atoms with Crippen molar-refractivity contribution in [2.24, 2.45) is 0 Å². The minimum Gasteiger partial charge on any atom is -0.393 e. The first kappa shape index (κ1) is 11.8.